The third-order valence-corrected chi connectivity index (χ3v) is 5.82. The van der Waals surface area contributed by atoms with Gasteiger partial charge in [-0.25, -0.2) is 0 Å². The number of thioether (sulfide) groups is 1. The molecule has 0 saturated carbocycles. The second kappa shape index (κ2) is 7.89. The number of amidine groups is 2. The van der Waals surface area contributed by atoms with Gasteiger partial charge in [0.2, 0.25) is 5.17 Å². The van der Waals surface area contributed by atoms with Crippen LogP contribution in [0.15, 0.2) is 86.8 Å². The Labute approximate surface area is 189 Å². The van der Waals surface area contributed by atoms with Crippen LogP contribution in [0.3, 0.4) is 0 Å². The van der Waals surface area contributed by atoms with E-state index in [1.807, 2.05) is 30.3 Å². The Bertz CT molecular complexity index is 1370. The standard InChI is InChI=1S/C23H13F3N4O2S/c24-23(25,26)15-8-4-7-14(11-15)18-10-9-16(32-18)12-17-19(27)30-22(28-20(17)31)33-21(29-30)13-5-2-1-3-6-13/h1-12,27H/b17-12+,27-19?. The summed E-state index contributed by atoms with van der Waals surface area (Å²) in [6, 6.07) is 17.1. The summed E-state index contributed by atoms with van der Waals surface area (Å²) in [7, 11) is 0. The highest BCUT2D eigenvalue weighted by Crippen LogP contribution is 2.34. The van der Waals surface area contributed by atoms with Gasteiger partial charge in [-0.3, -0.25) is 10.2 Å². The Kier molecular flexibility index (Phi) is 5.01. The third-order valence-electron chi connectivity index (χ3n) is 4.86. The molecule has 3 heterocycles. The van der Waals surface area contributed by atoms with Crippen molar-refractivity contribution >= 4 is 39.8 Å². The summed E-state index contributed by atoms with van der Waals surface area (Å²) in [5, 5.41) is 15.0. The Balaban J connectivity index is 1.43. The van der Waals surface area contributed by atoms with Gasteiger partial charge in [0.15, 0.2) is 5.84 Å². The average molecular weight is 466 g/mol. The van der Waals surface area contributed by atoms with E-state index in [1.54, 1.807) is 0 Å². The molecular formula is C23H13F3N4O2S. The van der Waals surface area contributed by atoms with E-state index in [0.29, 0.717) is 5.04 Å². The fourth-order valence-corrected chi connectivity index (χ4v) is 4.16. The predicted molar refractivity (Wildman–Crippen MR) is 120 cm³/mol. The lowest BCUT2D eigenvalue weighted by Gasteiger charge is -2.19. The minimum absolute atomic E-state index is 0.0395. The van der Waals surface area contributed by atoms with E-state index in [2.05, 4.69) is 10.1 Å². The number of rotatable bonds is 3. The van der Waals surface area contributed by atoms with Crippen LogP contribution in [0.25, 0.3) is 17.4 Å². The molecule has 2 aliphatic heterocycles. The molecule has 1 amide bonds. The predicted octanol–water partition coefficient (Wildman–Crippen LogP) is 5.63. The van der Waals surface area contributed by atoms with Gasteiger partial charge in [-0.2, -0.15) is 28.3 Å². The van der Waals surface area contributed by atoms with Crippen molar-refractivity contribution in [2.75, 3.05) is 0 Å². The van der Waals surface area contributed by atoms with E-state index < -0.39 is 17.6 Å². The number of alkyl halides is 3. The molecular weight excluding hydrogens is 453 g/mol. The highest BCUT2D eigenvalue weighted by molar-refractivity contribution is 8.27. The van der Waals surface area contributed by atoms with Crippen LogP contribution in [-0.4, -0.2) is 27.0 Å². The van der Waals surface area contributed by atoms with Gasteiger partial charge in [-0.05, 0) is 42.1 Å². The number of aliphatic imine (C=N–C) groups is 1. The summed E-state index contributed by atoms with van der Waals surface area (Å²) in [5.74, 6) is -0.387. The van der Waals surface area contributed by atoms with Crippen molar-refractivity contribution in [2.24, 2.45) is 10.1 Å². The number of halogens is 3. The number of carbonyl (C=O) groups excluding carboxylic acids is 1. The first-order valence-electron chi connectivity index (χ1n) is 9.63. The summed E-state index contributed by atoms with van der Waals surface area (Å²) >= 11 is 1.19. The van der Waals surface area contributed by atoms with Crippen LogP contribution in [0, 0.1) is 5.41 Å². The van der Waals surface area contributed by atoms with Gasteiger partial charge in [-0.15, -0.1) is 0 Å². The van der Waals surface area contributed by atoms with Crippen molar-refractivity contribution in [3.05, 3.63) is 89.2 Å². The number of hydrogen-bond acceptors (Lipinski definition) is 5. The second-order valence-corrected chi connectivity index (χ2v) is 8.03. The van der Waals surface area contributed by atoms with E-state index in [1.165, 1.54) is 47.1 Å². The number of furan rings is 1. The van der Waals surface area contributed by atoms with Crippen LogP contribution in [-0.2, 0) is 11.0 Å². The van der Waals surface area contributed by atoms with Gasteiger partial charge >= 0.3 is 6.18 Å². The number of fused-ring (bicyclic) bond motifs is 1. The van der Waals surface area contributed by atoms with Gasteiger partial charge in [0.25, 0.3) is 5.91 Å². The molecule has 6 nitrogen and oxygen atoms in total. The number of hydrogen-bond donors (Lipinski definition) is 1. The number of carbonyl (C=O) groups is 1. The smallest absolute Gasteiger partial charge is 0.416 e. The lowest BCUT2D eigenvalue weighted by Crippen LogP contribution is -2.35. The van der Waals surface area contributed by atoms with Crippen LogP contribution in [0.4, 0.5) is 13.2 Å². The quantitative estimate of drug-likeness (QED) is 0.507. The summed E-state index contributed by atoms with van der Waals surface area (Å²) in [6.07, 6.45) is -3.14. The number of nitrogens with one attached hydrogen (secondary N) is 1. The Morgan fingerprint density at radius 3 is 2.52 bits per heavy atom. The van der Waals surface area contributed by atoms with E-state index in [4.69, 9.17) is 9.83 Å². The molecule has 0 saturated heterocycles. The minimum Gasteiger partial charge on any atom is -0.457 e. The first-order valence-corrected chi connectivity index (χ1v) is 10.4. The highest BCUT2D eigenvalue weighted by Gasteiger charge is 2.36. The molecule has 2 aromatic carbocycles. The molecule has 1 aromatic heterocycles. The molecule has 10 heteroatoms. The molecule has 33 heavy (non-hydrogen) atoms. The number of benzene rings is 2. The van der Waals surface area contributed by atoms with Gasteiger partial charge < -0.3 is 4.42 Å². The maximum atomic E-state index is 13.0. The van der Waals surface area contributed by atoms with Crippen molar-refractivity contribution in [3.63, 3.8) is 0 Å². The third kappa shape index (κ3) is 4.00. The fourth-order valence-electron chi connectivity index (χ4n) is 3.27. The Morgan fingerprint density at radius 1 is 1.00 bits per heavy atom. The average Bonchev–Trinajstić information content (AvgIpc) is 3.44. The van der Waals surface area contributed by atoms with Crippen molar-refractivity contribution in [1.29, 1.82) is 5.41 Å². The summed E-state index contributed by atoms with van der Waals surface area (Å²) in [5.41, 5.74) is 0.249. The van der Waals surface area contributed by atoms with Crippen molar-refractivity contribution in [3.8, 4) is 11.3 Å². The summed E-state index contributed by atoms with van der Waals surface area (Å²) in [6.45, 7) is 0. The molecule has 0 atom stereocenters. The molecule has 164 valence electrons. The lowest BCUT2D eigenvalue weighted by molar-refractivity contribution is -0.137. The minimum atomic E-state index is -4.47. The SMILES string of the molecule is N=C1/C(=C\c2ccc(-c3cccc(C(F)(F)F)c3)o2)C(=O)N=C2SC(c3ccccc3)=NN12. The van der Waals surface area contributed by atoms with Crippen LogP contribution < -0.4 is 0 Å². The maximum absolute atomic E-state index is 13.0. The van der Waals surface area contributed by atoms with E-state index in [-0.39, 0.29) is 33.7 Å². The van der Waals surface area contributed by atoms with E-state index in [0.717, 1.165) is 17.7 Å². The Hall–Kier alpha value is -3.92. The molecule has 5 rings (SSSR count). The van der Waals surface area contributed by atoms with Gasteiger partial charge in [0.05, 0.1) is 11.1 Å². The van der Waals surface area contributed by atoms with Crippen molar-refractivity contribution in [2.45, 2.75) is 6.18 Å². The van der Waals surface area contributed by atoms with Crippen molar-refractivity contribution < 1.29 is 22.4 Å². The van der Waals surface area contributed by atoms with Crippen molar-refractivity contribution in [1.82, 2.24) is 5.01 Å². The number of amides is 1. The molecule has 0 bridgehead atoms. The number of hydrazone groups is 1. The topological polar surface area (TPSA) is 82.0 Å². The van der Waals surface area contributed by atoms with Crippen LogP contribution in [0.5, 0.6) is 0 Å². The molecule has 0 spiro atoms. The molecule has 3 aromatic rings. The molecule has 1 N–H and O–H groups in total. The zero-order valence-electron chi connectivity index (χ0n) is 16.6. The monoisotopic (exact) mass is 466 g/mol. The molecule has 2 aliphatic rings. The Morgan fingerprint density at radius 2 is 1.76 bits per heavy atom. The molecule has 0 radical (unpaired) electrons. The second-order valence-electron chi connectivity index (χ2n) is 7.07. The van der Waals surface area contributed by atoms with E-state index in [9.17, 15) is 18.0 Å². The fraction of sp³-hybridized carbons (Fsp3) is 0.0435. The zero-order valence-corrected chi connectivity index (χ0v) is 17.4. The maximum Gasteiger partial charge on any atom is 0.416 e. The largest absolute Gasteiger partial charge is 0.457 e. The lowest BCUT2D eigenvalue weighted by atomic mass is 10.1. The molecule has 0 fully saturated rings. The summed E-state index contributed by atoms with van der Waals surface area (Å²) < 4.78 is 44.6. The first kappa shape index (κ1) is 21.0. The van der Waals surface area contributed by atoms with Gasteiger partial charge in [0.1, 0.15) is 16.6 Å². The first-order chi connectivity index (χ1) is 15.8. The highest BCUT2D eigenvalue weighted by atomic mass is 32.2. The van der Waals surface area contributed by atoms with Gasteiger partial charge in [-0.1, -0.05) is 42.5 Å². The van der Waals surface area contributed by atoms with Crippen LogP contribution in [0.1, 0.15) is 16.9 Å². The number of nitrogens with zero attached hydrogens (tertiary/aromatic N) is 3. The molecule has 0 aliphatic carbocycles. The van der Waals surface area contributed by atoms with Gasteiger partial charge in [0, 0.05) is 11.1 Å². The van der Waals surface area contributed by atoms with Crippen LogP contribution in [0.2, 0.25) is 0 Å². The van der Waals surface area contributed by atoms with Crippen LogP contribution >= 0.6 is 11.8 Å². The van der Waals surface area contributed by atoms with E-state index >= 15 is 0 Å². The summed E-state index contributed by atoms with van der Waals surface area (Å²) in [4.78, 5) is 16.6. The zero-order chi connectivity index (χ0) is 23.2. The molecule has 0 unspecified atom stereocenters. The normalized spacial score (nSPS) is 17.3.